The average molecular weight is 326 g/mol. The van der Waals surface area contributed by atoms with Crippen molar-refractivity contribution < 1.29 is 4.39 Å². The molecule has 0 spiro atoms. The molecule has 0 fully saturated rings. The molecule has 0 radical (unpaired) electrons. The van der Waals surface area contributed by atoms with Crippen LogP contribution in [0.3, 0.4) is 0 Å². The zero-order chi connectivity index (χ0) is 13.1. The summed E-state index contributed by atoms with van der Waals surface area (Å²) in [4.78, 5) is 1.06. The van der Waals surface area contributed by atoms with Crippen LogP contribution >= 0.6 is 27.7 Å². The third-order valence-electron chi connectivity index (χ3n) is 2.57. The Kier molecular flexibility index (Phi) is 4.30. The van der Waals surface area contributed by atoms with E-state index in [1.54, 1.807) is 17.8 Å². The maximum absolute atomic E-state index is 13.0. The smallest absolute Gasteiger partial charge is 0.124 e. The molecule has 0 atom stereocenters. The van der Waals surface area contributed by atoms with E-state index in [2.05, 4.69) is 22.0 Å². The maximum atomic E-state index is 13.0. The fourth-order valence-corrected chi connectivity index (χ4v) is 3.30. The Balaban J connectivity index is 2.13. The van der Waals surface area contributed by atoms with Crippen molar-refractivity contribution in [3.8, 4) is 0 Å². The summed E-state index contributed by atoms with van der Waals surface area (Å²) in [7, 11) is 0. The molecule has 0 aliphatic carbocycles. The molecular weight excluding hydrogens is 313 g/mol. The quantitative estimate of drug-likeness (QED) is 0.649. The van der Waals surface area contributed by atoms with E-state index < -0.39 is 0 Å². The second-order valence-corrected chi connectivity index (χ2v) is 5.94. The fraction of sp³-hybridized carbons (Fsp3) is 0.143. The molecule has 2 aromatic carbocycles. The van der Waals surface area contributed by atoms with Crippen LogP contribution in [0.1, 0.15) is 11.1 Å². The van der Waals surface area contributed by atoms with Crippen molar-refractivity contribution in [3.05, 3.63) is 57.8 Å². The second-order valence-electron chi connectivity index (χ2n) is 4.07. The maximum Gasteiger partial charge on any atom is 0.124 e. The number of benzene rings is 2. The highest BCUT2D eigenvalue weighted by atomic mass is 79.9. The first-order chi connectivity index (χ1) is 8.56. The van der Waals surface area contributed by atoms with Crippen molar-refractivity contribution in [2.45, 2.75) is 17.6 Å². The summed E-state index contributed by atoms with van der Waals surface area (Å²) in [6.07, 6.45) is 0. The van der Waals surface area contributed by atoms with Crippen molar-refractivity contribution in [2.24, 2.45) is 0 Å². The van der Waals surface area contributed by atoms with E-state index in [1.165, 1.54) is 17.7 Å². The molecule has 0 aromatic heterocycles. The summed E-state index contributed by atoms with van der Waals surface area (Å²) in [6, 6.07) is 10.7. The van der Waals surface area contributed by atoms with Crippen molar-refractivity contribution in [1.82, 2.24) is 0 Å². The zero-order valence-corrected chi connectivity index (χ0v) is 12.3. The lowest BCUT2D eigenvalue weighted by molar-refractivity contribution is 0.626. The van der Waals surface area contributed by atoms with Crippen LogP contribution in [0.2, 0.25) is 0 Å². The van der Waals surface area contributed by atoms with Crippen molar-refractivity contribution in [1.29, 1.82) is 0 Å². The molecule has 4 heteroatoms. The molecule has 2 N–H and O–H groups in total. The van der Waals surface area contributed by atoms with Crippen molar-refractivity contribution >= 4 is 33.4 Å². The van der Waals surface area contributed by atoms with Crippen molar-refractivity contribution in [2.75, 3.05) is 5.73 Å². The number of hydrogen-bond donors (Lipinski definition) is 1. The van der Waals surface area contributed by atoms with E-state index in [0.717, 1.165) is 26.4 Å². The molecule has 18 heavy (non-hydrogen) atoms. The van der Waals surface area contributed by atoms with Gasteiger partial charge < -0.3 is 5.73 Å². The second kappa shape index (κ2) is 5.76. The standard InChI is InChI=1S/C14H13BrFNS/c1-9-2-5-13(17)14(6-9)18-8-10-3-4-11(16)7-12(10)15/h2-7H,8,17H2,1H3. The lowest BCUT2D eigenvalue weighted by atomic mass is 10.2. The molecule has 0 aliphatic heterocycles. The first-order valence-corrected chi connectivity index (χ1v) is 7.27. The summed E-state index contributed by atoms with van der Waals surface area (Å²) in [5, 5.41) is 0. The Bertz CT molecular complexity index is 572. The molecule has 0 saturated heterocycles. The third-order valence-corrected chi connectivity index (χ3v) is 4.43. The predicted octanol–water partition coefficient (Wildman–Crippen LogP) is 4.77. The minimum atomic E-state index is -0.231. The van der Waals surface area contributed by atoms with Gasteiger partial charge in [0.05, 0.1) is 0 Å². The Morgan fingerprint density at radius 3 is 2.72 bits per heavy atom. The van der Waals surface area contributed by atoms with E-state index in [0.29, 0.717) is 0 Å². The lowest BCUT2D eigenvalue weighted by Crippen LogP contribution is -1.90. The van der Waals surface area contributed by atoms with E-state index in [9.17, 15) is 4.39 Å². The Morgan fingerprint density at radius 1 is 1.22 bits per heavy atom. The van der Waals surface area contributed by atoms with Gasteiger partial charge in [-0.05, 0) is 42.3 Å². The van der Waals surface area contributed by atoms with Gasteiger partial charge in [0.1, 0.15) is 5.82 Å². The number of anilines is 1. The van der Waals surface area contributed by atoms with Gasteiger partial charge in [0.15, 0.2) is 0 Å². The number of nitrogens with two attached hydrogens (primary N) is 1. The van der Waals surface area contributed by atoms with Crippen LogP contribution in [0.5, 0.6) is 0 Å². The van der Waals surface area contributed by atoms with Crippen LogP contribution in [0.25, 0.3) is 0 Å². The number of halogens is 2. The van der Waals surface area contributed by atoms with Gasteiger partial charge in [0.25, 0.3) is 0 Å². The summed E-state index contributed by atoms with van der Waals surface area (Å²) < 4.78 is 13.8. The van der Waals surface area contributed by atoms with E-state index >= 15 is 0 Å². The molecule has 0 amide bonds. The Morgan fingerprint density at radius 2 is 2.00 bits per heavy atom. The minimum Gasteiger partial charge on any atom is -0.398 e. The van der Waals surface area contributed by atoms with E-state index in [1.807, 2.05) is 19.1 Å². The highest BCUT2D eigenvalue weighted by Crippen LogP contribution is 2.31. The SMILES string of the molecule is Cc1ccc(N)c(SCc2ccc(F)cc2Br)c1. The number of thioether (sulfide) groups is 1. The van der Waals surface area contributed by atoms with Crippen molar-refractivity contribution in [3.63, 3.8) is 0 Å². The molecule has 0 unspecified atom stereocenters. The van der Waals surface area contributed by atoms with Crippen LogP contribution in [0.4, 0.5) is 10.1 Å². The number of hydrogen-bond acceptors (Lipinski definition) is 2. The Hall–Kier alpha value is -1.00. The van der Waals surface area contributed by atoms with Gasteiger partial charge in [-0.2, -0.15) is 0 Å². The Labute approximate surface area is 119 Å². The molecule has 0 bridgehead atoms. The first-order valence-electron chi connectivity index (χ1n) is 5.49. The summed E-state index contributed by atoms with van der Waals surface area (Å²) >= 11 is 5.03. The molecule has 0 saturated carbocycles. The van der Waals surface area contributed by atoms with Crippen LogP contribution in [-0.4, -0.2) is 0 Å². The van der Waals surface area contributed by atoms with Gasteiger partial charge >= 0.3 is 0 Å². The van der Waals surface area contributed by atoms with Crippen LogP contribution in [-0.2, 0) is 5.75 Å². The van der Waals surface area contributed by atoms with E-state index in [4.69, 9.17) is 5.73 Å². The number of aryl methyl sites for hydroxylation is 1. The van der Waals surface area contributed by atoms with Gasteiger partial charge in [-0.1, -0.05) is 28.1 Å². The van der Waals surface area contributed by atoms with Gasteiger partial charge in [-0.15, -0.1) is 11.8 Å². The van der Waals surface area contributed by atoms with Gasteiger partial charge in [-0.25, -0.2) is 4.39 Å². The summed E-state index contributed by atoms with van der Waals surface area (Å²) in [5.74, 6) is 0.528. The molecule has 1 nitrogen and oxygen atoms in total. The van der Waals surface area contributed by atoms with Crippen LogP contribution in [0.15, 0.2) is 45.8 Å². The largest absolute Gasteiger partial charge is 0.398 e. The highest BCUT2D eigenvalue weighted by Gasteiger charge is 2.05. The number of nitrogen functional groups attached to an aromatic ring is 1. The first kappa shape index (κ1) is 13.4. The highest BCUT2D eigenvalue weighted by molar-refractivity contribution is 9.10. The monoisotopic (exact) mass is 325 g/mol. The number of rotatable bonds is 3. The minimum absolute atomic E-state index is 0.231. The topological polar surface area (TPSA) is 26.0 Å². The summed E-state index contributed by atoms with van der Waals surface area (Å²) in [6.45, 7) is 2.04. The normalized spacial score (nSPS) is 10.6. The zero-order valence-electron chi connectivity index (χ0n) is 9.91. The predicted molar refractivity (Wildman–Crippen MR) is 79.3 cm³/mol. The van der Waals surface area contributed by atoms with Gasteiger partial charge in [0.2, 0.25) is 0 Å². The molecule has 2 rings (SSSR count). The van der Waals surface area contributed by atoms with Gasteiger partial charge in [0, 0.05) is 20.8 Å². The van der Waals surface area contributed by atoms with Crippen LogP contribution in [0, 0.1) is 12.7 Å². The third kappa shape index (κ3) is 3.27. The summed E-state index contributed by atoms with van der Waals surface area (Å²) in [5.41, 5.74) is 8.95. The van der Waals surface area contributed by atoms with E-state index in [-0.39, 0.29) is 5.82 Å². The molecule has 0 aliphatic rings. The van der Waals surface area contributed by atoms with Crippen LogP contribution < -0.4 is 5.73 Å². The molecule has 94 valence electrons. The fourth-order valence-electron chi connectivity index (χ4n) is 1.56. The molecule has 0 heterocycles. The lowest BCUT2D eigenvalue weighted by Gasteiger charge is -2.08. The molecular formula is C14H13BrFNS. The average Bonchev–Trinajstić information content (AvgIpc) is 2.32. The molecule has 2 aromatic rings. The van der Waals surface area contributed by atoms with Gasteiger partial charge in [-0.3, -0.25) is 0 Å².